The van der Waals surface area contributed by atoms with Crippen molar-refractivity contribution in [3.8, 4) is 11.5 Å². The van der Waals surface area contributed by atoms with Crippen LogP contribution in [-0.2, 0) is 10.0 Å². The number of sulfonamides is 1. The van der Waals surface area contributed by atoms with Crippen LogP contribution >= 0.6 is 0 Å². The summed E-state index contributed by atoms with van der Waals surface area (Å²) in [5, 5.41) is 4.99. The normalized spacial score (nSPS) is 11.3. The highest BCUT2D eigenvalue weighted by molar-refractivity contribution is 7.89. The molecular weight excluding hydrogens is 269 g/mol. The molecule has 0 unspecified atom stereocenters. The van der Waals surface area contributed by atoms with Gasteiger partial charge in [-0.3, -0.25) is 0 Å². The van der Waals surface area contributed by atoms with E-state index in [1.807, 2.05) is 0 Å². The molecule has 0 saturated heterocycles. The number of halogens is 1. The monoisotopic (exact) mass is 281 g/mol. The molecule has 0 aliphatic rings. The van der Waals surface area contributed by atoms with Gasteiger partial charge in [0, 0.05) is 0 Å². The number of hydrogen-bond acceptors (Lipinski definition) is 3. The summed E-state index contributed by atoms with van der Waals surface area (Å²) in [7, 11) is -3.71. The lowest BCUT2D eigenvalue weighted by molar-refractivity contribution is 0.479. The van der Waals surface area contributed by atoms with Crippen molar-refractivity contribution in [1.82, 2.24) is 0 Å². The second kappa shape index (κ2) is 4.99. The van der Waals surface area contributed by atoms with Crippen molar-refractivity contribution in [2.45, 2.75) is 11.8 Å². The standard InChI is InChI=1S/C13H12FNO3S/c1-9-8-11(4-7-13(9)14)18-10-2-5-12(6-3-10)19(15,16)17/h2-8H,1H3,(H2,15,16,17). The van der Waals surface area contributed by atoms with Gasteiger partial charge in [-0.2, -0.15) is 0 Å². The number of aryl methyl sites for hydroxylation is 1. The van der Waals surface area contributed by atoms with Gasteiger partial charge in [-0.25, -0.2) is 17.9 Å². The van der Waals surface area contributed by atoms with E-state index in [2.05, 4.69) is 0 Å². The SMILES string of the molecule is Cc1cc(Oc2ccc(S(N)(=O)=O)cc2)ccc1F. The Morgan fingerprint density at radius 3 is 2.16 bits per heavy atom. The lowest BCUT2D eigenvalue weighted by Gasteiger charge is -2.07. The molecule has 0 aliphatic heterocycles. The summed E-state index contributed by atoms with van der Waals surface area (Å²) in [6, 6.07) is 10.0. The highest BCUT2D eigenvalue weighted by atomic mass is 32.2. The van der Waals surface area contributed by atoms with Gasteiger partial charge in [-0.05, 0) is 55.0 Å². The van der Waals surface area contributed by atoms with Gasteiger partial charge in [0.05, 0.1) is 4.90 Å². The topological polar surface area (TPSA) is 69.4 Å². The first-order valence-corrected chi connectivity index (χ1v) is 6.98. The molecule has 2 rings (SSSR count). The number of hydrogen-bond donors (Lipinski definition) is 1. The maximum Gasteiger partial charge on any atom is 0.238 e. The van der Waals surface area contributed by atoms with Crippen molar-refractivity contribution in [3.63, 3.8) is 0 Å². The summed E-state index contributed by atoms with van der Waals surface area (Å²) in [4.78, 5) is 0.00939. The Hall–Kier alpha value is -1.92. The number of ether oxygens (including phenoxy) is 1. The Labute approximate surface area is 110 Å². The van der Waals surface area contributed by atoms with Gasteiger partial charge in [-0.15, -0.1) is 0 Å². The maximum absolute atomic E-state index is 13.1. The summed E-state index contributed by atoms with van der Waals surface area (Å²) in [5.74, 6) is 0.609. The van der Waals surface area contributed by atoms with Crippen molar-refractivity contribution in [2.24, 2.45) is 5.14 Å². The Bertz CT molecular complexity index is 696. The third-order valence-electron chi connectivity index (χ3n) is 2.52. The molecule has 0 spiro atoms. The van der Waals surface area contributed by atoms with E-state index < -0.39 is 10.0 Å². The highest BCUT2D eigenvalue weighted by Crippen LogP contribution is 2.24. The third-order valence-corrected chi connectivity index (χ3v) is 3.45. The predicted octanol–water partition coefficient (Wildman–Crippen LogP) is 2.57. The highest BCUT2D eigenvalue weighted by Gasteiger charge is 2.07. The van der Waals surface area contributed by atoms with E-state index in [1.165, 1.54) is 36.4 Å². The molecule has 0 aliphatic carbocycles. The van der Waals surface area contributed by atoms with Crippen LogP contribution in [0.5, 0.6) is 11.5 Å². The minimum absolute atomic E-state index is 0.00939. The third kappa shape index (κ3) is 3.30. The van der Waals surface area contributed by atoms with Gasteiger partial charge in [0.2, 0.25) is 10.0 Å². The van der Waals surface area contributed by atoms with Gasteiger partial charge < -0.3 is 4.74 Å². The minimum atomic E-state index is -3.71. The Morgan fingerprint density at radius 1 is 1.05 bits per heavy atom. The predicted molar refractivity (Wildman–Crippen MR) is 69.0 cm³/mol. The molecule has 0 fully saturated rings. The molecule has 0 saturated carbocycles. The fourth-order valence-corrected chi connectivity index (χ4v) is 2.03. The number of rotatable bonds is 3. The van der Waals surface area contributed by atoms with Crippen LogP contribution in [0, 0.1) is 12.7 Å². The van der Waals surface area contributed by atoms with Crippen LogP contribution in [-0.4, -0.2) is 8.42 Å². The molecule has 0 radical (unpaired) electrons. The Kier molecular flexibility index (Phi) is 3.55. The summed E-state index contributed by atoms with van der Waals surface area (Å²) in [5.41, 5.74) is 0.471. The van der Waals surface area contributed by atoms with Crippen LogP contribution in [0.1, 0.15) is 5.56 Å². The van der Waals surface area contributed by atoms with Crippen LogP contribution in [0.2, 0.25) is 0 Å². The summed E-state index contributed by atoms with van der Waals surface area (Å²) in [6.45, 7) is 1.63. The first-order chi connectivity index (χ1) is 8.86. The largest absolute Gasteiger partial charge is 0.457 e. The van der Waals surface area contributed by atoms with Crippen LogP contribution in [0.3, 0.4) is 0 Å². The number of primary sulfonamides is 1. The second-order valence-corrected chi connectivity index (χ2v) is 5.59. The molecule has 2 aromatic rings. The summed E-state index contributed by atoms with van der Waals surface area (Å²) >= 11 is 0. The fraction of sp³-hybridized carbons (Fsp3) is 0.0769. The maximum atomic E-state index is 13.1. The van der Waals surface area contributed by atoms with E-state index in [9.17, 15) is 12.8 Å². The van der Waals surface area contributed by atoms with Gasteiger partial charge in [-0.1, -0.05) is 0 Å². The van der Waals surface area contributed by atoms with Crippen molar-refractivity contribution in [2.75, 3.05) is 0 Å². The summed E-state index contributed by atoms with van der Waals surface area (Å²) in [6.07, 6.45) is 0. The fourth-order valence-electron chi connectivity index (χ4n) is 1.51. The van der Waals surface area contributed by atoms with Crippen LogP contribution in [0.4, 0.5) is 4.39 Å². The summed E-state index contributed by atoms with van der Waals surface area (Å²) < 4.78 is 40.7. The van der Waals surface area contributed by atoms with E-state index in [-0.39, 0.29) is 10.7 Å². The van der Waals surface area contributed by atoms with E-state index >= 15 is 0 Å². The number of benzene rings is 2. The molecule has 100 valence electrons. The van der Waals surface area contributed by atoms with E-state index in [4.69, 9.17) is 9.88 Å². The van der Waals surface area contributed by atoms with Gasteiger partial charge in [0.1, 0.15) is 17.3 Å². The zero-order valence-electron chi connectivity index (χ0n) is 10.1. The molecule has 2 aromatic carbocycles. The smallest absolute Gasteiger partial charge is 0.238 e. The van der Waals surface area contributed by atoms with E-state index in [0.29, 0.717) is 17.1 Å². The zero-order valence-corrected chi connectivity index (χ0v) is 10.9. The van der Waals surface area contributed by atoms with Crippen molar-refractivity contribution >= 4 is 10.0 Å². The van der Waals surface area contributed by atoms with Crippen LogP contribution < -0.4 is 9.88 Å². The number of nitrogens with two attached hydrogens (primary N) is 1. The Morgan fingerprint density at radius 2 is 1.63 bits per heavy atom. The van der Waals surface area contributed by atoms with Crippen LogP contribution in [0.15, 0.2) is 47.4 Å². The molecule has 0 amide bonds. The first-order valence-electron chi connectivity index (χ1n) is 5.43. The molecule has 2 N–H and O–H groups in total. The molecule has 0 atom stereocenters. The van der Waals surface area contributed by atoms with Gasteiger partial charge >= 0.3 is 0 Å². The average Bonchev–Trinajstić information content (AvgIpc) is 2.33. The molecule has 6 heteroatoms. The minimum Gasteiger partial charge on any atom is -0.457 e. The second-order valence-electron chi connectivity index (χ2n) is 4.03. The van der Waals surface area contributed by atoms with Crippen molar-refractivity contribution < 1.29 is 17.5 Å². The van der Waals surface area contributed by atoms with Crippen molar-refractivity contribution in [3.05, 3.63) is 53.8 Å². The van der Waals surface area contributed by atoms with Crippen LogP contribution in [0.25, 0.3) is 0 Å². The molecule has 0 aromatic heterocycles. The van der Waals surface area contributed by atoms with Gasteiger partial charge in [0.25, 0.3) is 0 Å². The van der Waals surface area contributed by atoms with E-state index in [1.54, 1.807) is 13.0 Å². The lowest BCUT2D eigenvalue weighted by atomic mass is 10.2. The molecule has 4 nitrogen and oxygen atoms in total. The Balaban J connectivity index is 2.22. The molecule has 0 bridgehead atoms. The average molecular weight is 281 g/mol. The first kappa shape index (κ1) is 13.5. The molecular formula is C13H12FNO3S. The zero-order chi connectivity index (χ0) is 14.0. The quantitative estimate of drug-likeness (QED) is 0.940. The van der Waals surface area contributed by atoms with Crippen molar-refractivity contribution in [1.29, 1.82) is 0 Å². The lowest BCUT2D eigenvalue weighted by Crippen LogP contribution is -2.11. The molecule has 19 heavy (non-hydrogen) atoms. The van der Waals surface area contributed by atoms with E-state index in [0.717, 1.165) is 0 Å². The molecule has 0 heterocycles. The van der Waals surface area contributed by atoms with Gasteiger partial charge in [0.15, 0.2) is 0 Å².